The van der Waals surface area contributed by atoms with Gasteiger partial charge >= 0.3 is 0 Å². The molecule has 0 atom stereocenters. The van der Waals surface area contributed by atoms with Gasteiger partial charge in [0.1, 0.15) is 0 Å². The van der Waals surface area contributed by atoms with Crippen LogP contribution in [0.1, 0.15) is 33.6 Å². The predicted molar refractivity (Wildman–Crippen MR) is 40.3 cm³/mol. The Morgan fingerprint density at radius 3 is 2.33 bits per heavy atom. The van der Waals surface area contributed by atoms with Gasteiger partial charge in [0.25, 0.3) is 0 Å². The Morgan fingerprint density at radius 2 is 2.00 bits per heavy atom. The minimum Gasteiger partial charge on any atom is -0.386 e. The third-order valence-electron chi connectivity index (χ3n) is 0.981. The van der Waals surface area contributed by atoms with Gasteiger partial charge in [-0.2, -0.15) is 0 Å². The molecule has 0 fully saturated rings. The van der Waals surface area contributed by atoms with Crippen LogP contribution in [0.25, 0.3) is 0 Å². The fourth-order valence-corrected chi connectivity index (χ4v) is 0.538. The van der Waals surface area contributed by atoms with Crippen LogP contribution in [0.4, 0.5) is 0 Å². The Kier molecular flexibility index (Phi) is 3.55. The van der Waals surface area contributed by atoms with Crippen molar-refractivity contribution in [2.75, 3.05) is 0 Å². The minimum absolute atomic E-state index is 0.630. The number of rotatable bonds is 3. The van der Waals surface area contributed by atoms with Crippen molar-refractivity contribution in [1.29, 1.82) is 0 Å². The summed E-state index contributed by atoms with van der Waals surface area (Å²) in [5.41, 5.74) is -0.630. The largest absolute Gasteiger partial charge is 0.386 e. The Morgan fingerprint density at radius 1 is 1.44 bits per heavy atom. The molecule has 0 aliphatic rings. The van der Waals surface area contributed by atoms with Gasteiger partial charge in [0.2, 0.25) is 0 Å². The lowest BCUT2D eigenvalue weighted by atomic mass is 10.1. The van der Waals surface area contributed by atoms with Crippen molar-refractivity contribution in [3.63, 3.8) is 0 Å². The second-order valence-electron chi connectivity index (χ2n) is 2.84. The summed E-state index contributed by atoms with van der Waals surface area (Å²) in [5, 5.41) is 9.16. The van der Waals surface area contributed by atoms with Crippen molar-refractivity contribution in [3.8, 4) is 0 Å². The predicted octanol–water partition coefficient (Wildman–Crippen LogP) is 2.11. The summed E-state index contributed by atoms with van der Waals surface area (Å²) >= 11 is 0. The highest BCUT2D eigenvalue weighted by molar-refractivity contribution is 4.94. The Labute approximate surface area is 57.4 Å². The molecule has 54 valence electrons. The lowest BCUT2D eigenvalue weighted by molar-refractivity contribution is 0.133. The number of aliphatic hydroxyl groups is 1. The number of unbranched alkanes of at least 4 members (excludes halogenated alkanes) is 1. The van der Waals surface area contributed by atoms with Gasteiger partial charge in [0, 0.05) is 0 Å². The van der Waals surface area contributed by atoms with Crippen molar-refractivity contribution in [1.82, 2.24) is 0 Å². The first-order valence-electron chi connectivity index (χ1n) is 3.46. The number of hydrogen-bond donors (Lipinski definition) is 1. The van der Waals surface area contributed by atoms with Crippen LogP contribution in [0.2, 0.25) is 0 Å². The average molecular weight is 128 g/mol. The van der Waals surface area contributed by atoms with E-state index >= 15 is 0 Å². The van der Waals surface area contributed by atoms with E-state index < -0.39 is 5.60 Å². The number of hydrogen-bond acceptors (Lipinski definition) is 1. The lowest BCUT2D eigenvalue weighted by Crippen LogP contribution is -2.13. The molecule has 0 spiro atoms. The fourth-order valence-electron chi connectivity index (χ4n) is 0.538. The molecule has 0 aliphatic heterocycles. The maximum atomic E-state index is 9.16. The highest BCUT2D eigenvalue weighted by atomic mass is 16.3. The molecule has 0 saturated carbocycles. The zero-order valence-corrected chi connectivity index (χ0v) is 6.52. The van der Waals surface area contributed by atoms with Crippen LogP contribution in [0, 0.1) is 0 Å². The molecule has 9 heavy (non-hydrogen) atoms. The van der Waals surface area contributed by atoms with Gasteiger partial charge in [-0.1, -0.05) is 25.5 Å². The first-order valence-corrected chi connectivity index (χ1v) is 3.46. The van der Waals surface area contributed by atoms with Gasteiger partial charge < -0.3 is 5.11 Å². The molecule has 0 aliphatic carbocycles. The van der Waals surface area contributed by atoms with Crippen LogP contribution in [-0.4, -0.2) is 10.7 Å². The normalized spacial score (nSPS) is 12.9. The second-order valence-corrected chi connectivity index (χ2v) is 2.84. The molecule has 0 bridgehead atoms. The average Bonchev–Trinajstić information content (AvgIpc) is 1.63. The third-order valence-corrected chi connectivity index (χ3v) is 0.981. The molecule has 1 nitrogen and oxygen atoms in total. The molecule has 0 aromatic heterocycles. The molecule has 1 heteroatoms. The molecule has 0 unspecified atom stereocenters. The first-order chi connectivity index (χ1) is 4.06. The molecule has 1 N–H and O–H groups in total. The maximum Gasteiger partial charge on any atom is 0.0771 e. The monoisotopic (exact) mass is 128 g/mol. The lowest BCUT2D eigenvalue weighted by Gasteiger charge is -2.09. The molecule has 0 saturated heterocycles. The Balaban J connectivity index is 3.45. The van der Waals surface area contributed by atoms with E-state index in [-0.39, 0.29) is 0 Å². The summed E-state index contributed by atoms with van der Waals surface area (Å²) in [5.74, 6) is 0. The Bertz CT molecular complexity index is 87.2. The smallest absolute Gasteiger partial charge is 0.0771 e. The first kappa shape index (κ1) is 8.70. The van der Waals surface area contributed by atoms with E-state index in [0.29, 0.717) is 0 Å². The SMILES string of the molecule is CCC/C=C/C(C)(C)O. The molecule has 0 amide bonds. The van der Waals surface area contributed by atoms with E-state index in [4.69, 9.17) is 5.11 Å². The highest BCUT2D eigenvalue weighted by Crippen LogP contribution is 2.03. The topological polar surface area (TPSA) is 20.2 Å². The molecule has 0 heterocycles. The zero-order valence-electron chi connectivity index (χ0n) is 6.52. The summed E-state index contributed by atoms with van der Waals surface area (Å²) in [6.45, 7) is 5.67. The van der Waals surface area contributed by atoms with Gasteiger partial charge in [0.15, 0.2) is 0 Å². The summed E-state index contributed by atoms with van der Waals surface area (Å²) in [6.07, 6.45) is 6.05. The summed E-state index contributed by atoms with van der Waals surface area (Å²) < 4.78 is 0. The van der Waals surface area contributed by atoms with Crippen LogP contribution in [0.15, 0.2) is 12.2 Å². The van der Waals surface area contributed by atoms with E-state index in [1.54, 1.807) is 13.8 Å². The maximum absolute atomic E-state index is 9.16. The summed E-state index contributed by atoms with van der Waals surface area (Å²) in [6, 6.07) is 0. The molecule has 0 rings (SSSR count). The zero-order chi connectivity index (χ0) is 7.33. The van der Waals surface area contributed by atoms with Crippen molar-refractivity contribution in [3.05, 3.63) is 12.2 Å². The molecular formula is C8H16O. The van der Waals surface area contributed by atoms with Gasteiger partial charge in [-0.05, 0) is 20.3 Å². The van der Waals surface area contributed by atoms with Crippen LogP contribution in [0.3, 0.4) is 0 Å². The van der Waals surface area contributed by atoms with Gasteiger partial charge in [0.05, 0.1) is 5.60 Å². The highest BCUT2D eigenvalue weighted by Gasteiger charge is 2.04. The van der Waals surface area contributed by atoms with Gasteiger partial charge in [-0.3, -0.25) is 0 Å². The van der Waals surface area contributed by atoms with Crippen LogP contribution in [0.5, 0.6) is 0 Å². The van der Waals surface area contributed by atoms with Crippen molar-refractivity contribution < 1.29 is 5.11 Å². The second kappa shape index (κ2) is 3.67. The standard InChI is InChI=1S/C8H16O/c1-4-5-6-7-8(2,3)9/h6-7,9H,4-5H2,1-3H3/b7-6+. The van der Waals surface area contributed by atoms with E-state index in [0.717, 1.165) is 12.8 Å². The van der Waals surface area contributed by atoms with Crippen LogP contribution < -0.4 is 0 Å². The minimum atomic E-state index is -0.630. The van der Waals surface area contributed by atoms with Crippen molar-refractivity contribution >= 4 is 0 Å². The number of allylic oxidation sites excluding steroid dienone is 1. The summed E-state index contributed by atoms with van der Waals surface area (Å²) in [7, 11) is 0. The van der Waals surface area contributed by atoms with E-state index in [1.807, 2.05) is 12.2 Å². The quantitative estimate of drug-likeness (QED) is 0.577. The Hall–Kier alpha value is -0.300. The van der Waals surface area contributed by atoms with Gasteiger partial charge in [-0.15, -0.1) is 0 Å². The fraction of sp³-hybridized carbons (Fsp3) is 0.750. The molecule has 0 aromatic rings. The van der Waals surface area contributed by atoms with E-state index in [9.17, 15) is 0 Å². The van der Waals surface area contributed by atoms with Crippen LogP contribution >= 0.6 is 0 Å². The molecule has 0 radical (unpaired) electrons. The summed E-state index contributed by atoms with van der Waals surface area (Å²) in [4.78, 5) is 0. The van der Waals surface area contributed by atoms with E-state index in [2.05, 4.69) is 6.92 Å². The van der Waals surface area contributed by atoms with Gasteiger partial charge in [-0.25, -0.2) is 0 Å². The third kappa shape index (κ3) is 7.70. The molecule has 0 aromatic carbocycles. The van der Waals surface area contributed by atoms with Crippen LogP contribution in [-0.2, 0) is 0 Å². The van der Waals surface area contributed by atoms with Crippen molar-refractivity contribution in [2.24, 2.45) is 0 Å². The van der Waals surface area contributed by atoms with E-state index in [1.165, 1.54) is 0 Å². The molecular weight excluding hydrogens is 112 g/mol. The van der Waals surface area contributed by atoms with Crippen molar-refractivity contribution in [2.45, 2.75) is 39.2 Å².